The summed E-state index contributed by atoms with van der Waals surface area (Å²) in [4.78, 5) is 10.7. The molecule has 4 N–H and O–H groups in total. The molecule has 0 heterocycles. The van der Waals surface area contributed by atoms with Crippen molar-refractivity contribution in [3.05, 3.63) is 60.2 Å². The van der Waals surface area contributed by atoms with Crippen LogP contribution < -0.4 is 21.3 Å². The molecule has 0 fully saturated rings. The van der Waals surface area contributed by atoms with Crippen LogP contribution in [0.1, 0.15) is 5.56 Å². The first-order valence-electron chi connectivity index (χ1n) is 6.28. The van der Waals surface area contributed by atoms with E-state index in [9.17, 15) is 4.79 Å². The predicted molar refractivity (Wildman–Crippen MR) is 78.0 cm³/mol. The molecule has 1 amide bonds. The Morgan fingerprint density at radius 1 is 1.10 bits per heavy atom. The van der Waals surface area contributed by atoms with Crippen molar-refractivity contribution in [2.24, 2.45) is 5.73 Å². The van der Waals surface area contributed by atoms with Crippen LogP contribution in [0.5, 0.6) is 5.75 Å². The number of ether oxygens (including phenoxy) is 1. The molecule has 0 aliphatic carbocycles. The highest BCUT2D eigenvalue weighted by Gasteiger charge is 1.99. The van der Waals surface area contributed by atoms with Gasteiger partial charge in [-0.1, -0.05) is 30.3 Å². The maximum absolute atomic E-state index is 10.7. The fourth-order valence-electron chi connectivity index (χ4n) is 1.67. The maximum atomic E-state index is 10.7. The number of nitrogens with two attached hydrogens (primary N) is 1. The van der Waals surface area contributed by atoms with Crippen molar-refractivity contribution < 1.29 is 9.53 Å². The van der Waals surface area contributed by atoms with Crippen molar-refractivity contribution in [2.45, 2.75) is 6.54 Å². The Kier molecular flexibility index (Phi) is 4.97. The van der Waals surface area contributed by atoms with Gasteiger partial charge in [0.2, 0.25) is 0 Å². The number of anilines is 1. The second-order valence-electron chi connectivity index (χ2n) is 4.25. The minimum absolute atomic E-state index is 0.112. The molecule has 20 heavy (non-hydrogen) atoms. The molecule has 104 valence electrons. The van der Waals surface area contributed by atoms with E-state index in [2.05, 4.69) is 10.9 Å². The van der Waals surface area contributed by atoms with Crippen LogP contribution in [0.4, 0.5) is 5.69 Å². The molecule has 0 radical (unpaired) electrons. The van der Waals surface area contributed by atoms with E-state index in [0.29, 0.717) is 12.3 Å². The number of benzene rings is 2. The van der Waals surface area contributed by atoms with Crippen molar-refractivity contribution in [3.63, 3.8) is 0 Å². The second kappa shape index (κ2) is 7.16. The number of nitrogens with one attached hydrogen (secondary N) is 2. The normalized spacial score (nSPS) is 10.0. The van der Waals surface area contributed by atoms with E-state index >= 15 is 0 Å². The number of hydrogen-bond acceptors (Lipinski definition) is 4. The first-order valence-corrected chi connectivity index (χ1v) is 6.28. The third-order valence-electron chi connectivity index (χ3n) is 2.58. The van der Waals surface area contributed by atoms with E-state index in [4.69, 9.17) is 10.5 Å². The molecule has 0 spiro atoms. The van der Waals surface area contributed by atoms with Crippen LogP contribution in [-0.4, -0.2) is 12.5 Å². The van der Waals surface area contributed by atoms with E-state index in [1.165, 1.54) is 0 Å². The predicted octanol–water partition coefficient (Wildman–Crippen LogP) is 1.67. The smallest absolute Gasteiger partial charge is 0.255 e. The van der Waals surface area contributed by atoms with Crippen LogP contribution in [0, 0.1) is 0 Å². The summed E-state index contributed by atoms with van der Waals surface area (Å²) in [5, 5.41) is 0. The van der Waals surface area contributed by atoms with Crippen LogP contribution in [0.3, 0.4) is 0 Å². The Hall–Kier alpha value is -2.53. The molecule has 0 saturated heterocycles. The van der Waals surface area contributed by atoms with Gasteiger partial charge in [0.25, 0.3) is 5.91 Å². The summed E-state index contributed by atoms with van der Waals surface area (Å²) < 4.78 is 5.25. The summed E-state index contributed by atoms with van der Waals surface area (Å²) in [6.45, 7) is 0.516. The van der Waals surface area contributed by atoms with Crippen molar-refractivity contribution in [1.82, 2.24) is 5.43 Å². The average molecular weight is 271 g/mol. The number of hydrogen-bond donors (Lipinski definition) is 3. The quantitative estimate of drug-likeness (QED) is 0.669. The fourth-order valence-corrected chi connectivity index (χ4v) is 1.67. The molecular formula is C15H17N3O2. The molecule has 0 saturated carbocycles. The van der Waals surface area contributed by atoms with Gasteiger partial charge in [-0.3, -0.25) is 4.79 Å². The Labute approximate surface area is 117 Å². The van der Waals surface area contributed by atoms with Gasteiger partial charge in [0.05, 0.1) is 0 Å². The van der Waals surface area contributed by atoms with E-state index in [-0.39, 0.29) is 6.61 Å². The SMILES string of the molecule is NC(=O)COc1cccc(CNNc2ccccc2)c1. The second-order valence-corrected chi connectivity index (χ2v) is 4.25. The van der Waals surface area contributed by atoms with Gasteiger partial charge < -0.3 is 15.9 Å². The number of primary amides is 1. The molecule has 5 heteroatoms. The Bertz CT molecular complexity index is 558. The lowest BCUT2D eigenvalue weighted by Crippen LogP contribution is -2.21. The van der Waals surface area contributed by atoms with Crippen molar-refractivity contribution in [3.8, 4) is 5.75 Å². The zero-order valence-corrected chi connectivity index (χ0v) is 11.0. The largest absolute Gasteiger partial charge is 0.484 e. The summed E-state index contributed by atoms with van der Waals surface area (Å²) >= 11 is 0. The van der Waals surface area contributed by atoms with Gasteiger partial charge >= 0.3 is 0 Å². The number of carbonyl (C=O) groups is 1. The first-order chi connectivity index (χ1) is 9.74. The number of rotatable bonds is 7. The zero-order chi connectivity index (χ0) is 14.2. The number of para-hydroxylation sites is 1. The highest BCUT2D eigenvalue weighted by Crippen LogP contribution is 2.13. The zero-order valence-electron chi connectivity index (χ0n) is 11.0. The van der Waals surface area contributed by atoms with Gasteiger partial charge in [0, 0.05) is 12.2 Å². The van der Waals surface area contributed by atoms with Crippen molar-refractivity contribution in [1.29, 1.82) is 0 Å². The van der Waals surface area contributed by atoms with Gasteiger partial charge in [-0.05, 0) is 29.8 Å². The molecular weight excluding hydrogens is 254 g/mol. The van der Waals surface area contributed by atoms with Gasteiger partial charge in [-0.25, -0.2) is 5.43 Å². The molecule has 0 aliphatic rings. The molecule has 0 aliphatic heterocycles. The van der Waals surface area contributed by atoms with Crippen LogP contribution in [0.2, 0.25) is 0 Å². The molecule has 2 rings (SSSR count). The van der Waals surface area contributed by atoms with Gasteiger partial charge in [0.15, 0.2) is 6.61 Å². The lowest BCUT2D eigenvalue weighted by atomic mass is 10.2. The molecule has 2 aromatic carbocycles. The van der Waals surface area contributed by atoms with E-state index in [0.717, 1.165) is 11.3 Å². The van der Waals surface area contributed by atoms with Gasteiger partial charge in [0.1, 0.15) is 5.75 Å². The minimum Gasteiger partial charge on any atom is -0.484 e. The standard InChI is InChI=1S/C15H17N3O2/c16-15(19)11-20-14-8-4-5-12(9-14)10-17-18-13-6-2-1-3-7-13/h1-9,17-18H,10-11H2,(H2,16,19). The number of carbonyl (C=O) groups excluding carboxylic acids is 1. The van der Waals surface area contributed by atoms with Crippen LogP contribution >= 0.6 is 0 Å². The topological polar surface area (TPSA) is 76.4 Å². The lowest BCUT2D eigenvalue weighted by Gasteiger charge is -2.09. The Morgan fingerprint density at radius 2 is 1.90 bits per heavy atom. The summed E-state index contributed by atoms with van der Waals surface area (Å²) in [6.07, 6.45) is 0. The van der Waals surface area contributed by atoms with Gasteiger partial charge in [-0.2, -0.15) is 0 Å². The van der Waals surface area contributed by atoms with Gasteiger partial charge in [-0.15, -0.1) is 0 Å². The van der Waals surface area contributed by atoms with Crippen molar-refractivity contribution in [2.75, 3.05) is 12.0 Å². The molecule has 5 nitrogen and oxygen atoms in total. The third kappa shape index (κ3) is 4.62. The molecule has 0 aromatic heterocycles. The van der Waals surface area contributed by atoms with Crippen LogP contribution in [0.25, 0.3) is 0 Å². The number of hydrazine groups is 1. The van der Waals surface area contributed by atoms with Crippen LogP contribution in [-0.2, 0) is 11.3 Å². The summed E-state index contributed by atoms with van der Waals surface area (Å²) in [6, 6.07) is 17.3. The van der Waals surface area contributed by atoms with Crippen LogP contribution in [0.15, 0.2) is 54.6 Å². The maximum Gasteiger partial charge on any atom is 0.255 e. The summed E-state index contributed by atoms with van der Waals surface area (Å²) in [5.41, 5.74) is 13.3. The number of amides is 1. The summed E-state index contributed by atoms with van der Waals surface area (Å²) in [7, 11) is 0. The third-order valence-corrected chi connectivity index (χ3v) is 2.58. The highest BCUT2D eigenvalue weighted by molar-refractivity contribution is 5.75. The molecule has 2 aromatic rings. The summed E-state index contributed by atoms with van der Waals surface area (Å²) in [5.74, 6) is 0.141. The minimum atomic E-state index is -0.487. The monoisotopic (exact) mass is 271 g/mol. The molecule has 0 atom stereocenters. The average Bonchev–Trinajstić information content (AvgIpc) is 2.47. The Morgan fingerprint density at radius 3 is 2.65 bits per heavy atom. The lowest BCUT2D eigenvalue weighted by molar-refractivity contribution is -0.119. The Balaban J connectivity index is 1.83. The first kappa shape index (κ1) is 13.9. The van der Waals surface area contributed by atoms with E-state index in [1.807, 2.05) is 48.5 Å². The van der Waals surface area contributed by atoms with E-state index < -0.39 is 5.91 Å². The fraction of sp³-hybridized carbons (Fsp3) is 0.133. The molecule has 0 bridgehead atoms. The molecule has 0 unspecified atom stereocenters. The highest BCUT2D eigenvalue weighted by atomic mass is 16.5. The van der Waals surface area contributed by atoms with Crippen molar-refractivity contribution >= 4 is 11.6 Å². The van der Waals surface area contributed by atoms with E-state index in [1.54, 1.807) is 6.07 Å².